The summed E-state index contributed by atoms with van der Waals surface area (Å²) in [5, 5.41) is 18.0. The summed E-state index contributed by atoms with van der Waals surface area (Å²) < 4.78 is 30.5. The van der Waals surface area contributed by atoms with E-state index in [0.29, 0.717) is 0 Å². The van der Waals surface area contributed by atoms with Crippen LogP contribution in [0.2, 0.25) is 0 Å². The van der Waals surface area contributed by atoms with Gasteiger partial charge in [-0.25, -0.2) is 13.2 Å². The average Bonchev–Trinajstić information content (AvgIpc) is 2.33. The third kappa shape index (κ3) is 2.42. The highest BCUT2D eigenvalue weighted by molar-refractivity contribution is 7.89. The number of rotatable bonds is 4. The van der Waals surface area contributed by atoms with E-state index in [1.54, 1.807) is 0 Å². The molecule has 1 aliphatic rings. The summed E-state index contributed by atoms with van der Waals surface area (Å²) in [6, 6.07) is 3.56. The number of sulfonamides is 1. The van der Waals surface area contributed by atoms with Crippen LogP contribution >= 0.6 is 0 Å². The number of aliphatic hydroxyl groups is 1. The summed E-state index contributed by atoms with van der Waals surface area (Å²) in [6.07, 6.45) is -0.654. The van der Waals surface area contributed by atoms with Crippen LogP contribution in [-0.4, -0.2) is 55.2 Å². The largest absolute Gasteiger partial charge is 0.495 e. The molecule has 2 N–H and O–H groups in total. The van der Waals surface area contributed by atoms with Gasteiger partial charge in [0.2, 0.25) is 10.0 Å². The van der Waals surface area contributed by atoms with Crippen molar-refractivity contribution in [2.75, 3.05) is 20.2 Å². The summed E-state index contributed by atoms with van der Waals surface area (Å²) >= 11 is 0. The number of nitrogens with zero attached hydrogens (tertiary/aromatic N) is 1. The Morgan fingerprint density at radius 3 is 2.53 bits per heavy atom. The fourth-order valence-electron chi connectivity index (χ4n) is 1.77. The van der Waals surface area contributed by atoms with Crippen LogP contribution in [0.15, 0.2) is 23.1 Å². The van der Waals surface area contributed by atoms with E-state index in [0.717, 1.165) is 10.4 Å². The molecule has 0 aliphatic carbocycles. The Balaban J connectivity index is 2.42. The molecule has 8 heteroatoms. The lowest BCUT2D eigenvalue weighted by atomic mass is 10.2. The number of carboxylic acid groups (broad SMARTS) is 1. The summed E-state index contributed by atoms with van der Waals surface area (Å²) in [4.78, 5) is 10.7. The molecular formula is C11H13NO6S. The van der Waals surface area contributed by atoms with Crippen molar-refractivity contribution in [1.29, 1.82) is 0 Å². The van der Waals surface area contributed by atoms with Gasteiger partial charge in [-0.3, -0.25) is 0 Å². The first-order valence-corrected chi connectivity index (χ1v) is 6.90. The summed E-state index contributed by atoms with van der Waals surface area (Å²) in [5.41, 5.74) is -0.0561. The molecule has 0 unspecified atom stereocenters. The summed E-state index contributed by atoms with van der Waals surface area (Å²) in [6.45, 7) is 0.0678. The van der Waals surface area contributed by atoms with Gasteiger partial charge in [-0.1, -0.05) is 0 Å². The molecule has 1 fully saturated rings. The van der Waals surface area contributed by atoms with Gasteiger partial charge in [0.25, 0.3) is 0 Å². The normalized spacial score (nSPS) is 16.9. The summed E-state index contributed by atoms with van der Waals surface area (Å²) in [5.74, 6) is -1.19. The lowest BCUT2D eigenvalue weighted by Crippen LogP contribution is -2.53. The van der Waals surface area contributed by atoms with Gasteiger partial charge in [0.1, 0.15) is 10.6 Å². The Morgan fingerprint density at radius 1 is 1.42 bits per heavy atom. The van der Waals surface area contributed by atoms with Crippen molar-refractivity contribution in [2.45, 2.75) is 11.0 Å². The second-order valence-corrected chi connectivity index (χ2v) is 6.05. The van der Waals surface area contributed by atoms with Crippen LogP contribution in [0.4, 0.5) is 0 Å². The smallest absolute Gasteiger partial charge is 0.335 e. The number of carboxylic acids is 1. The molecule has 104 valence electrons. The van der Waals surface area contributed by atoms with Crippen molar-refractivity contribution < 1.29 is 28.2 Å². The zero-order chi connectivity index (χ0) is 14.2. The highest BCUT2D eigenvalue weighted by Crippen LogP contribution is 2.30. The first kappa shape index (κ1) is 13.8. The zero-order valence-corrected chi connectivity index (χ0v) is 10.9. The minimum absolute atomic E-state index is 0.0266. The second-order valence-electron chi connectivity index (χ2n) is 4.15. The van der Waals surface area contributed by atoms with Crippen LogP contribution in [0.5, 0.6) is 5.75 Å². The van der Waals surface area contributed by atoms with E-state index in [-0.39, 0.29) is 29.3 Å². The Labute approximate surface area is 110 Å². The summed E-state index contributed by atoms with van der Waals surface area (Å²) in [7, 11) is -2.50. The number of benzene rings is 1. The van der Waals surface area contributed by atoms with Crippen LogP contribution in [0.25, 0.3) is 0 Å². The van der Waals surface area contributed by atoms with Gasteiger partial charge in [0.15, 0.2) is 0 Å². The van der Waals surface area contributed by atoms with Crippen molar-refractivity contribution in [3.8, 4) is 5.75 Å². The number of aromatic carboxylic acids is 1. The molecule has 0 aromatic heterocycles. The second kappa shape index (κ2) is 4.80. The topological polar surface area (TPSA) is 104 Å². The van der Waals surface area contributed by atoms with E-state index >= 15 is 0 Å². The molecule has 0 bridgehead atoms. The number of carbonyl (C=O) groups is 1. The van der Waals surface area contributed by atoms with E-state index < -0.39 is 22.1 Å². The molecule has 1 aliphatic heterocycles. The highest BCUT2D eigenvalue weighted by atomic mass is 32.2. The number of hydrogen-bond donors (Lipinski definition) is 2. The Hall–Kier alpha value is -1.64. The van der Waals surface area contributed by atoms with Gasteiger partial charge in [-0.15, -0.1) is 0 Å². The Bertz CT molecular complexity index is 606. The number of methoxy groups -OCH3 is 1. The number of ether oxygens (including phenoxy) is 1. The molecule has 19 heavy (non-hydrogen) atoms. The van der Waals surface area contributed by atoms with Crippen molar-refractivity contribution in [3.05, 3.63) is 23.8 Å². The lowest BCUT2D eigenvalue weighted by molar-refractivity contribution is 0.0547. The first-order valence-electron chi connectivity index (χ1n) is 5.46. The molecule has 0 saturated carbocycles. The van der Waals surface area contributed by atoms with Gasteiger partial charge in [-0.05, 0) is 18.2 Å². The molecule has 0 radical (unpaired) electrons. The number of aliphatic hydroxyl groups excluding tert-OH is 1. The molecule has 1 saturated heterocycles. The predicted octanol–water partition coefficient (Wildman–Crippen LogP) is -0.241. The predicted molar refractivity (Wildman–Crippen MR) is 64.7 cm³/mol. The molecule has 7 nitrogen and oxygen atoms in total. The maximum absolute atomic E-state index is 12.2. The first-order chi connectivity index (χ1) is 8.86. The molecule has 0 spiro atoms. The standard InChI is InChI=1S/C11H13NO6S/c1-18-9-4-7(11(14)15)2-3-10(9)19(16,17)12-5-8(13)6-12/h2-4,8,13H,5-6H2,1H3,(H,14,15). The van der Waals surface area contributed by atoms with Gasteiger partial charge >= 0.3 is 5.97 Å². The molecule has 1 aromatic rings. The van der Waals surface area contributed by atoms with Crippen LogP contribution in [0.1, 0.15) is 10.4 Å². The van der Waals surface area contributed by atoms with E-state index in [4.69, 9.17) is 14.9 Å². The van der Waals surface area contributed by atoms with Crippen molar-refractivity contribution >= 4 is 16.0 Å². The maximum atomic E-state index is 12.2. The van der Waals surface area contributed by atoms with Crippen LogP contribution < -0.4 is 4.74 Å². The average molecular weight is 287 g/mol. The quantitative estimate of drug-likeness (QED) is 0.792. The van der Waals surface area contributed by atoms with Crippen LogP contribution in [0, 0.1) is 0 Å². The van der Waals surface area contributed by atoms with Gasteiger partial charge in [0, 0.05) is 13.1 Å². The van der Waals surface area contributed by atoms with E-state index in [2.05, 4.69) is 0 Å². The Morgan fingerprint density at radius 2 is 2.05 bits per heavy atom. The van der Waals surface area contributed by atoms with Gasteiger partial charge in [0.05, 0.1) is 18.8 Å². The third-order valence-corrected chi connectivity index (χ3v) is 4.73. The highest BCUT2D eigenvalue weighted by Gasteiger charge is 2.37. The Kier molecular flexibility index (Phi) is 3.48. The van der Waals surface area contributed by atoms with Crippen LogP contribution in [0.3, 0.4) is 0 Å². The fraction of sp³-hybridized carbons (Fsp3) is 0.364. The lowest BCUT2D eigenvalue weighted by Gasteiger charge is -2.34. The number of hydrogen-bond acceptors (Lipinski definition) is 5. The molecular weight excluding hydrogens is 274 g/mol. The van der Waals surface area contributed by atoms with Crippen molar-refractivity contribution in [2.24, 2.45) is 0 Å². The van der Waals surface area contributed by atoms with E-state index in [1.165, 1.54) is 19.2 Å². The van der Waals surface area contributed by atoms with Gasteiger partial charge < -0.3 is 14.9 Å². The fourth-order valence-corrected chi connectivity index (χ4v) is 3.42. The maximum Gasteiger partial charge on any atom is 0.335 e. The van der Waals surface area contributed by atoms with Crippen molar-refractivity contribution in [3.63, 3.8) is 0 Å². The van der Waals surface area contributed by atoms with Crippen molar-refractivity contribution in [1.82, 2.24) is 4.31 Å². The van der Waals surface area contributed by atoms with E-state index in [1.807, 2.05) is 0 Å². The number of β-amino-alcohol motifs (C(OH)–C–C–N with tert-alkyl or cyclic N) is 1. The molecule has 0 amide bonds. The molecule has 2 rings (SSSR count). The minimum atomic E-state index is -3.76. The third-order valence-electron chi connectivity index (χ3n) is 2.86. The molecule has 1 heterocycles. The van der Waals surface area contributed by atoms with Crippen LogP contribution in [-0.2, 0) is 10.0 Å². The molecule has 0 atom stereocenters. The van der Waals surface area contributed by atoms with Gasteiger partial charge in [-0.2, -0.15) is 4.31 Å². The molecule has 1 aromatic carbocycles. The minimum Gasteiger partial charge on any atom is -0.495 e. The zero-order valence-electron chi connectivity index (χ0n) is 10.1. The SMILES string of the molecule is COc1cc(C(=O)O)ccc1S(=O)(=O)N1CC(O)C1. The monoisotopic (exact) mass is 287 g/mol. The van der Waals surface area contributed by atoms with E-state index in [9.17, 15) is 13.2 Å².